The van der Waals surface area contributed by atoms with Crippen molar-refractivity contribution in [2.75, 3.05) is 13.2 Å². The van der Waals surface area contributed by atoms with Gasteiger partial charge in [-0.15, -0.1) is 0 Å². The van der Waals surface area contributed by atoms with Gasteiger partial charge < -0.3 is 9.47 Å². The van der Waals surface area contributed by atoms with Crippen LogP contribution in [0, 0.1) is 0 Å². The molecule has 0 saturated carbocycles. The van der Waals surface area contributed by atoms with Gasteiger partial charge in [0.05, 0.1) is 10.9 Å². The number of carbonyl (C=O) groups is 2. The maximum Gasteiger partial charge on any atom is 0.359 e. The average molecular weight is 338 g/mol. The zero-order valence-corrected chi connectivity index (χ0v) is 13.1. The van der Waals surface area contributed by atoms with Crippen LogP contribution in [-0.4, -0.2) is 35.3 Å². The van der Waals surface area contributed by atoms with Gasteiger partial charge in [-0.25, -0.2) is 14.7 Å². The van der Waals surface area contributed by atoms with E-state index in [1.54, 1.807) is 54.6 Å². The summed E-state index contributed by atoms with van der Waals surface area (Å²) in [5, 5.41) is 6.76. The van der Waals surface area contributed by atoms with Gasteiger partial charge in [0.25, 0.3) is 5.56 Å². The molecule has 0 aliphatic carbocycles. The highest BCUT2D eigenvalue weighted by atomic mass is 16.6. The number of nitrogens with zero attached hydrogens (tertiary/aromatic N) is 1. The number of ether oxygens (including phenoxy) is 2. The van der Waals surface area contributed by atoms with Crippen LogP contribution in [0.15, 0.2) is 59.4 Å². The largest absolute Gasteiger partial charge is 0.458 e. The second kappa shape index (κ2) is 7.39. The van der Waals surface area contributed by atoms with Crippen LogP contribution >= 0.6 is 0 Å². The summed E-state index contributed by atoms with van der Waals surface area (Å²) < 4.78 is 10.1. The van der Waals surface area contributed by atoms with Crippen LogP contribution in [0.25, 0.3) is 10.8 Å². The van der Waals surface area contributed by atoms with E-state index in [2.05, 4.69) is 10.2 Å². The number of carbonyl (C=O) groups excluding carboxylic acids is 2. The monoisotopic (exact) mass is 338 g/mol. The summed E-state index contributed by atoms with van der Waals surface area (Å²) in [6.07, 6.45) is 0. The summed E-state index contributed by atoms with van der Waals surface area (Å²) in [5.74, 6) is -1.20. The van der Waals surface area contributed by atoms with Crippen molar-refractivity contribution in [2.24, 2.45) is 0 Å². The van der Waals surface area contributed by atoms with Crippen molar-refractivity contribution in [2.45, 2.75) is 0 Å². The van der Waals surface area contributed by atoms with Gasteiger partial charge in [0.1, 0.15) is 13.2 Å². The highest BCUT2D eigenvalue weighted by molar-refractivity contribution is 6.02. The molecule has 7 heteroatoms. The van der Waals surface area contributed by atoms with Crippen molar-refractivity contribution in [3.05, 3.63) is 76.2 Å². The zero-order chi connectivity index (χ0) is 17.6. The lowest BCUT2D eigenvalue weighted by molar-refractivity contribution is 0.0262. The Balaban J connectivity index is 1.60. The Kier molecular flexibility index (Phi) is 4.84. The Morgan fingerprint density at radius 2 is 1.44 bits per heavy atom. The third-order valence-electron chi connectivity index (χ3n) is 3.45. The molecule has 3 rings (SSSR count). The number of H-pyrrole nitrogens is 1. The van der Waals surface area contributed by atoms with Crippen LogP contribution in [-0.2, 0) is 9.47 Å². The quantitative estimate of drug-likeness (QED) is 0.564. The molecule has 0 atom stereocenters. The topological polar surface area (TPSA) is 98.3 Å². The molecule has 25 heavy (non-hydrogen) atoms. The number of nitrogens with one attached hydrogen (secondary N) is 1. The highest BCUT2D eigenvalue weighted by Gasteiger charge is 2.15. The molecule has 0 radical (unpaired) electrons. The van der Waals surface area contributed by atoms with E-state index >= 15 is 0 Å². The molecular formula is C18H14N2O5. The summed E-state index contributed by atoms with van der Waals surface area (Å²) in [7, 11) is 0. The van der Waals surface area contributed by atoms with E-state index in [9.17, 15) is 14.4 Å². The fourth-order valence-electron chi connectivity index (χ4n) is 2.26. The van der Waals surface area contributed by atoms with E-state index in [-0.39, 0.29) is 24.5 Å². The van der Waals surface area contributed by atoms with E-state index in [0.29, 0.717) is 16.3 Å². The second-order valence-corrected chi connectivity index (χ2v) is 5.08. The lowest BCUT2D eigenvalue weighted by Gasteiger charge is -2.07. The molecule has 0 aliphatic heterocycles. The van der Waals surface area contributed by atoms with Crippen LogP contribution in [0.3, 0.4) is 0 Å². The Labute approximate surface area is 142 Å². The van der Waals surface area contributed by atoms with Crippen molar-refractivity contribution in [3.63, 3.8) is 0 Å². The SMILES string of the molecule is O=C(OCCOC(=O)c1n[nH]c(=O)c2ccccc12)c1ccccc1. The Morgan fingerprint density at radius 1 is 0.840 bits per heavy atom. The van der Waals surface area contributed by atoms with Gasteiger partial charge in [0.15, 0.2) is 5.69 Å². The number of fused-ring (bicyclic) bond motifs is 1. The lowest BCUT2D eigenvalue weighted by atomic mass is 10.1. The minimum absolute atomic E-state index is 0.00425. The molecule has 7 nitrogen and oxygen atoms in total. The Morgan fingerprint density at radius 3 is 2.16 bits per heavy atom. The van der Waals surface area contributed by atoms with Crippen LogP contribution in [0.5, 0.6) is 0 Å². The number of rotatable bonds is 5. The summed E-state index contributed by atoms with van der Waals surface area (Å²) in [6.45, 7) is -0.201. The number of benzene rings is 2. The lowest BCUT2D eigenvalue weighted by Crippen LogP contribution is -2.18. The zero-order valence-electron chi connectivity index (χ0n) is 13.1. The molecular weight excluding hydrogens is 324 g/mol. The molecule has 0 fully saturated rings. The third kappa shape index (κ3) is 3.72. The minimum Gasteiger partial charge on any atom is -0.458 e. The first kappa shape index (κ1) is 16.4. The molecule has 1 heterocycles. The van der Waals surface area contributed by atoms with E-state index in [4.69, 9.17) is 9.47 Å². The van der Waals surface area contributed by atoms with E-state index < -0.39 is 11.9 Å². The Bertz CT molecular complexity index is 966. The normalized spacial score (nSPS) is 10.4. The van der Waals surface area contributed by atoms with Crippen LogP contribution in [0.1, 0.15) is 20.8 Å². The first-order valence-electron chi connectivity index (χ1n) is 7.53. The van der Waals surface area contributed by atoms with Gasteiger partial charge in [-0.2, -0.15) is 5.10 Å². The van der Waals surface area contributed by atoms with Crippen molar-refractivity contribution in [3.8, 4) is 0 Å². The predicted molar refractivity (Wildman–Crippen MR) is 89.4 cm³/mol. The summed E-state index contributed by atoms with van der Waals surface area (Å²) in [6, 6.07) is 15.1. The van der Waals surface area contributed by atoms with Crippen molar-refractivity contribution in [1.82, 2.24) is 10.2 Å². The maximum absolute atomic E-state index is 12.1. The molecule has 3 aromatic rings. The highest BCUT2D eigenvalue weighted by Crippen LogP contribution is 2.13. The third-order valence-corrected chi connectivity index (χ3v) is 3.45. The molecule has 0 saturated heterocycles. The number of hydrogen-bond donors (Lipinski definition) is 1. The van der Waals surface area contributed by atoms with Gasteiger partial charge in [-0.1, -0.05) is 36.4 Å². The van der Waals surface area contributed by atoms with Gasteiger partial charge in [-0.05, 0) is 18.2 Å². The van der Waals surface area contributed by atoms with Crippen LogP contribution < -0.4 is 5.56 Å². The number of aromatic amines is 1. The molecule has 0 amide bonds. The molecule has 1 aromatic heterocycles. The van der Waals surface area contributed by atoms with Gasteiger partial charge in [0, 0.05) is 5.39 Å². The molecule has 0 unspecified atom stereocenters. The number of hydrogen-bond acceptors (Lipinski definition) is 6. The van der Waals surface area contributed by atoms with E-state index in [0.717, 1.165) is 0 Å². The average Bonchev–Trinajstić information content (AvgIpc) is 2.66. The standard InChI is InChI=1S/C18H14N2O5/c21-16-14-9-5-4-8-13(14)15(19-20-16)18(23)25-11-10-24-17(22)12-6-2-1-3-7-12/h1-9H,10-11H2,(H,20,21). The maximum atomic E-state index is 12.1. The first-order valence-corrected chi connectivity index (χ1v) is 7.53. The fourth-order valence-corrected chi connectivity index (χ4v) is 2.26. The molecule has 126 valence electrons. The van der Waals surface area contributed by atoms with Crippen molar-refractivity contribution >= 4 is 22.7 Å². The second-order valence-electron chi connectivity index (χ2n) is 5.08. The molecule has 1 N–H and O–H groups in total. The smallest absolute Gasteiger partial charge is 0.359 e. The molecule has 2 aromatic carbocycles. The minimum atomic E-state index is -0.705. The van der Waals surface area contributed by atoms with Crippen molar-refractivity contribution < 1.29 is 19.1 Å². The van der Waals surface area contributed by atoms with Crippen molar-refractivity contribution in [1.29, 1.82) is 0 Å². The van der Waals surface area contributed by atoms with E-state index in [1.165, 1.54) is 0 Å². The summed E-state index contributed by atoms with van der Waals surface area (Å²) in [4.78, 5) is 35.6. The van der Waals surface area contributed by atoms with Gasteiger partial charge >= 0.3 is 11.9 Å². The van der Waals surface area contributed by atoms with Gasteiger partial charge in [-0.3, -0.25) is 4.79 Å². The van der Waals surface area contributed by atoms with Crippen LogP contribution in [0.2, 0.25) is 0 Å². The van der Waals surface area contributed by atoms with Gasteiger partial charge in [0.2, 0.25) is 0 Å². The number of esters is 2. The van der Waals surface area contributed by atoms with Crippen LogP contribution in [0.4, 0.5) is 0 Å². The summed E-state index contributed by atoms with van der Waals surface area (Å²) >= 11 is 0. The fraction of sp³-hybridized carbons (Fsp3) is 0.111. The predicted octanol–water partition coefficient (Wildman–Crippen LogP) is 1.94. The van der Waals surface area contributed by atoms with E-state index in [1.807, 2.05) is 0 Å². The number of aromatic nitrogens is 2. The molecule has 0 aliphatic rings. The first-order chi connectivity index (χ1) is 12.2. The Hall–Kier alpha value is -3.48. The summed E-state index contributed by atoms with van der Waals surface area (Å²) in [5.41, 5.74) is 0.0376. The molecule has 0 spiro atoms. The molecule has 0 bridgehead atoms.